The van der Waals surface area contributed by atoms with Crippen molar-refractivity contribution in [2.45, 2.75) is 32.2 Å². The first kappa shape index (κ1) is 13.0. The molecule has 17 heavy (non-hydrogen) atoms. The van der Waals surface area contributed by atoms with E-state index in [4.69, 9.17) is 5.26 Å². The monoisotopic (exact) mass is 232 g/mol. The quantitative estimate of drug-likeness (QED) is 0.818. The Bertz CT molecular complexity index is 451. The minimum Gasteiger partial charge on any atom is -0.480 e. The van der Waals surface area contributed by atoms with E-state index in [0.717, 1.165) is 6.42 Å². The molecule has 1 rings (SSSR count). The van der Waals surface area contributed by atoms with Crippen molar-refractivity contribution in [3.63, 3.8) is 0 Å². The van der Waals surface area contributed by atoms with Crippen LogP contribution in [0.2, 0.25) is 0 Å². The maximum absolute atomic E-state index is 11.2. The lowest BCUT2D eigenvalue weighted by Gasteiger charge is -2.27. The van der Waals surface area contributed by atoms with Crippen molar-refractivity contribution in [3.8, 4) is 6.07 Å². The van der Waals surface area contributed by atoms with Crippen LogP contribution in [0.5, 0.6) is 0 Å². The summed E-state index contributed by atoms with van der Waals surface area (Å²) in [5.74, 6) is -0.887. The van der Waals surface area contributed by atoms with Crippen LogP contribution in [0.25, 0.3) is 0 Å². The molecule has 1 aromatic carbocycles. The molecule has 2 N–H and O–H groups in total. The maximum Gasteiger partial charge on any atom is 0.329 e. The molecule has 0 fully saturated rings. The van der Waals surface area contributed by atoms with Crippen molar-refractivity contribution in [1.29, 1.82) is 5.26 Å². The molecule has 0 aliphatic heterocycles. The summed E-state index contributed by atoms with van der Waals surface area (Å²) < 4.78 is 0. The van der Waals surface area contributed by atoms with Gasteiger partial charge in [0.05, 0.1) is 11.6 Å². The fraction of sp³-hybridized carbons (Fsp3) is 0.385. The molecule has 0 aromatic heterocycles. The van der Waals surface area contributed by atoms with E-state index in [1.807, 2.05) is 13.0 Å². The number of nitrogens with one attached hydrogen (secondary N) is 1. The van der Waals surface area contributed by atoms with Gasteiger partial charge in [-0.3, -0.25) is 0 Å². The molecule has 0 saturated carbocycles. The zero-order chi connectivity index (χ0) is 12.9. The van der Waals surface area contributed by atoms with E-state index < -0.39 is 11.5 Å². The van der Waals surface area contributed by atoms with Gasteiger partial charge in [-0.1, -0.05) is 19.4 Å². The van der Waals surface area contributed by atoms with E-state index in [0.29, 0.717) is 17.7 Å². The van der Waals surface area contributed by atoms with Gasteiger partial charge in [-0.15, -0.1) is 0 Å². The van der Waals surface area contributed by atoms with E-state index in [2.05, 4.69) is 5.32 Å². The SMILES string of the molecule is CCCC(C)(Nc1cccc(C#N)c1)C(=O)O. The van der Waals surface area contributed by atoms with Crippen molar-refractivity contribution < 1.29 is 9.90 Å². The molecule has 0 bridgehead atoms. The number of nitrogens with zero attached hydrogens (tertiary/aromatic N) is 1. The van der Waals surface area contributed by atoms with Crippen molar-refractivity contribution in [1.82, 2.24) is 0 Å². The summed E-state index contributed by atoms with van der Waals surface area (Å²) in [7, 11) is 0. The lowest BCUT2D eigenvalue weighted by molar-refractivity contribution is -0.141. The summed E-state index contributed by atoms with van der Waals surface area (Å²) in [5, 5.41) is 21.0. The molecule has 0 aliphatic rings. The van der Waals surface area contributed by atoms with E-state index in [1.54, 1.807) is 31.2 Å². The van der Waals surface area contributed by atoms with E-state index in [-0.39, 0.29) is 0 Å². The molecule has 4 nitrogen and oxygen atoms in total. The second kappa shape index (κ2) is 5.35. The first-order valence-electron chi connectivity index (χ1n) is 5.53. The number of anilines is 1. The van der Waals surface area contributed by atoms with Gasteiger partial charge < -0.3 is 10.4 Å². The first-order valence-corrected chi connectivity index (χ1v) is 5.53. The third-order valence-electron chi connectivity index (χ3n) is 2.63. The molecular weight excluding hydrogens is 216 g/mol. The largest absolute Gasteiger partial charge is 0.480 e. The van der Waals surface area contributed by atoms with Gasteiger partial charge in [0.2, 0.25) is 0 Å². The molecule has 0 radical (unpaired) electrons. The number of benzene rings is 1. The van der Waals surface area contributed by atoms with Crippen LogP contribution in [0.3, 0.4) is 0 Å². The average Bonchev–Trinajstić information content (AvgIpc) is 2.29. The van der Waals surface area contributed by atoms with Gasteiger partial charge in [0.25, 0.3) is 0 Å². The summed E-state index contributed by atoms with van der Waals surface area (Å²) in [6.45, 7) is 3.59. The molecule has 1 unspecified atom stereocenters. The Balaban J connectivity index is 2.94. The van der Waals surface area contributed by atoms with Crippen LogP contribution in [0.15, 0.2) is 24.3 Å². The number of hydrogen-bond donors (Lipinski definition) is 2. The predicted molar refractivity (Wildman–Crippen MR) is 65.7 cm³/mol. The number of hydrogen-bond acceptors (Lipinski definition) is 3. The minimum absolute atomic E-state index is 0.513. The second-order valence-corrected chi connectivity index (χ2v) is 4.20. The zero-order valence-corrected chi connectivity index (χ0v) is 10.0. The number of aliphatic carboxylic acids is 1. The van der Waals surface area contributed by atoms with Crippen molar-refractivity contribution >= 4 is 11.7 Å². The molecule has 1 aromatic rings. The van der Waals surface area contributed by atoms with Gasteiger partial charge in [0, 0.05) is 5.69 Å². The zero-order valence-electron chi connectivity index (χ0n) is 10.0. The highest BCUT2D eigenvalue weighted by Gasteiger charge is 2.31. The normalized spacial score (nSPS) is 13.5. The maximum atomic E-state index is 11.2. The van der Waals surface area contributed by atoms with E-state index >= 15 is 0 Å². The highest BCUT2D eigenvalue weighted by atomic mass is 16.4. The van der Waals surface area contributed by atoms with Crippen LogP contribution in [-0.4, -0.2) is 16.6 Å². The van der Waals surface area contributed by atoms with Crippen LogP contribution in [-0.2, 0) is 4.79 Å². The highest BCUT2D eigenvalue weighted by molar-refractivity contribution is 5.82. The van der Waals surface area contributed by atoms with Crippen molar-refractivity contribution in [3.05, 3.63) is 29.8 Å². The number of nitriles is 1. The third kappa shape index (κ3) is 3.22. The summed E-state index contributed by atoms with van der Waals surface area (Å²) in [6, 6.07) is 8.85. The lowest BCUT2D eigenvalue weighted by atomic mass is 9.96. The van der Waals surface area contributed by atoms with Crippen molar-refractivity contribution in [2.24, 2.45) is 0 Å². The second-order valence-electron chi connectivity index (χ2n) is 4.20. The Morgan fingerprint density at radius 2 is 2.29 bits per heavy atom. The molecule has 0 amide bonds. The molecular formula is C13H16N2O2. The fourth-order valence-electron chi connectivity index (χ4n) is 1.71. The van der Waals surface area contributed by atoms with Gasteiger partial charge in [0.15, 0.2) is 0 Å². The predicted octanol–water partition coefficient (Wildman–Crippen LogP) is 2.61. The fourth-order valence-corrected chi connectivity index (χ4v) is 1.71. The standard InChI is InChI=1S/C13H16N2O2/c1-3-7-13(2,12(16)17)15-11-6-4-5-10(8-11)9-14/h4-6,8,15H,3,7H2,1-2H3,(H,16,17). The Morgan fingerprint density at radius 3 is 2.82 bits per heavy atom. The molecule has 4 heteroatoms. The average molecular weight is 232 g/mol. The van der Waals surface area contributed by atoms with Gasteiger partial charge >= 0.3 is 5.97 Å². The van der Waals surface area contributed by atoms with Gasteiger partial charge in [-0.05, 0) is 31.5 Å². The summed E-state index contributed by atoms with van der Waals surface area (Å²) in [6.07, 6.45) is 1.30. The van der Waals surface area contributed by atoms with Crippen LogP contribution >= 0.6 is 0 Å². The van der Waals surface area contributed by atoms with Gasteiger partial charge in [-0.25, -0.2) is 4.79 Å². The Kier molecular flexibility index (Phi) is 4.11. The summed E-state index contributed by atoms with van der Waals surface area (Å²) >= 11 is 0. The molecule has 90 valence electrons. The van der Waals surface area contributed by atoms with Crippen LogP contribution in [0.4, 0.5) is 5.69 Å². The van der Waals surface area contributed by atoms with Crippen LogP contribution in [0, 0.1) is 11.3 Å². The summed E-state index contributed by atoms with van der Waals surface area (Å²) in [5.41, 5.74) is 0.171. The smallest absolute Gasteiger partial charge is 0.329 e. The number of carboxylic acid groups (broad SMARTS) is 1. The molecule has 0 heterocycles. The Labute approximate surface area is 101 Å². The Hall–Kier alpha value is -2.02. The molecule has 0 aliphatic carbocycles. The van der Waals surface area contributed by atoms with Crippen molar-refractivity contribution in [2.75, 3.05) is 5.32 Å². The lowest BCUT2D eigenvalue weighted by Crippen LogP contribution is -2.43. The third-order valence-corrected chi connectivity index (χ3v) is 2.63. The van der Waals surface area contributed by atoms with Crippen LogP contribution in [0.1, 0.15) is 32.3 Å². The molecule has 1 atom stereocenters. The first-order chi connectivity index (χ1) is 8.01. The highest BCUT2D eigenvalue weighted by Crippen LogP contribution is 2.21. The number of rotatable bonds is 5. The minimum atomic E-state index is -0.997. The van der Waals surface area contributed by atoms with E-state index in [9.17, 15) is 9.90 Å². The number of carbonyl (C=O) groups is 1. The summed E-state index contributed by atoms with van der Waals surface area (Å²) in [4.78, 5) is 11.2. The topological polar surface area (TPSA) is 73.1 Å². The van der Waals surface area contributed by atoms with Gasteiger partial charge in [-0.2, -0.15) is 5.26 Å². The Morgan fingerprint density at radius 1 is 1.59 bits per heavy atom. The number of carboxylic acids is 1. The molecule has 0 saturated heterocycles. The van der Waals surface area contributed by atoms with Gasteiger partial charge in [0.1, 0.15) is 5.54 Å². The molecule has 0 spiro atoms. The van der Waals surface area contributed by atoms with Crippen LogP contribution < -0.4 is 5.32 Å². The van der Waals surface area contributed by atoms with E-state index in [1.165, 1.54) is 0 Å².